The van der Waals surface area contributed by atoms with Gasteiger partial charge in [-0.1, -0.05) is 18.2 Å². The van der Waals surface area contributed by atoms with Crippen molar-refractivity contribution in [3.8, 4) is 0 Å². The van der Waals surface area contributed by atoms with Crippen molar-refractivity contribution in [3.05, 3.63) is 36.5 Å². The van der Waals surface area contributed by atoms with Crippen molar-refractivity contribution >= 4 is 26.8 Å². The zero-order valence-electron chi connectivity index (χ0n) is 13.9. The summed E-state index contributed by atoms with van der Waals surface area (Å²) in [5.41, 5.74) is 1.13. The van der Waals surface area contributed by atoms with Gasteiger partial charge in [0, 0.05) is 50.9 Å². The van der Waals surface area contributed by atoms with Crippen LogP contribution in [0.1, 0.15) is 12.8 Å². The van der Waals surface area contributed by atoms with E-state index in [1.807, 2.05) is 18.3 Å². The van der Waals surface area contributed by atoms with Crippen LogP contribution in [0.4, 0.5) is 0 Å². The molecule has 24 heavy (non-hydrogen) atoms. The first kappa shape index (κ1) is 17.0. The van der Waals surface area contributed by atoms with Crippen LogP contribution >= 0.6 is 0 Å². The molecule has 0 unspecified atom stereocenters. The van der Waals surface area contributed by atoms with Crippen molar-refractivity contribution in [3.63, 3.8) is 0 Å². The maximum absolute atomic E-state index is 12.5. The van der Waals surface area contributed by atoms with Crippen LogP contribution in [0.2, 0.25) is 0 Å². The number of carbonyl (C=O) groups excluding carboxylic acids is 1. The van der Waals surface area contributed by atoms with Crippen molar-refractivity contribution in [2.45, 2.75) is 19.4 Å². The van der Waals surface area contributed by atoms with E-state index < -0.39 is 10.0 Å². The highest BCUT2D eigenvalue weighted by atomic mass is 32.2. The molecule has 0 aliphatic carbocycles. The minimum atomic E-state index is -3.18. The Hall–Kier alpha value is -1.86. The van der Waals surface area contributed by atoms with Gasteiger partial charge in [-0.05, 0) is 23.9 Å². The Morgan fingerprint density at radius 3 is 2.67 bits per heavy atom. The summed E-state index contributed by atoms with van der Waals surface area (Å²) in [4.78, 5) is 14.3. The number of aromatic nitrogens is 1. The number of hydrogen-bond acceptors (Lipinski definition) is 3. The first-order chi connectivity index (χ1) is 11.4. The highest BCUT2D eigenvalue weighted by molar-refractivity contribution is 7.88. The van der Waals surface area contributed by atoms with Crippen LogP contribution < -0.4 is 0 Å². The van der Waals surface area contributed by atoms with Gasteiger partial charge in [0.05, 0.1) is 6.26 Å². The van der Waals surface area contributed by atoms with Gasteiger partial charge in [-0.15, -0.1) is 0 Å². The molecule has 1 aliphatic heterocycles. The summed E-state index contributed by atoms with van der Waals surface area (Å²) in [6, 6.07) is 10.2. The fraction of sp³-hybridized carbons (Fsp3) is 0.471. The minimum absolute atomic E-state index is 0.0862. The standard InChI is InChI=1S/C17H23N3O3S/c1-24(22,23)20-10-4-9-19(13-14-20)17(21)8-12-18-11-7-15-5-2-3-6-16(15)18/h2-3,5-7,11H,4,8-10,12-14H2,1H3. The van der Waals surface area contributed by atoms with E-state index in [9.17, 15) is 13.2 Å². The number of sulfonamides is 1. The van der Waals surface area contributed by atoms with Gasteiger partial charge in [0.1, 0.15) is 0 Å². The lowest BCUT2D eigenvalue weighted by Crippen LogP contribution is -2.37. The molecular weight excluding hydrogens is 326 g/mol. The Kier molecular flexibility index (Phi) is 4.91. The molecule has 2 aromatic rings. The van der Waals surface area contributed by atoms with E-state index in [1.165, 1.54) is 15.9 Å². The van der Waals surface area contributed by atoms with Crippen LogP contribution in [0.3, 0.4) is 0 Å². The van der Waals surface area contributed by atoms with Crippen LogP contribution in [-0.4, -0.2) is 60.5 Å². The molecule has 1 saturated heterocycles. The average molecular weight is 349 g/mol. The van der Waals surface area contributed by atoms with E-state index in [0.29, 0.717) is 45.6 Å². The molecule has 1 aliphatic rings. The zero-order valence-corrected chi connectivity index (χ0v) is 14.7. The predicted octanol–water partition coefficient (Wildman–Crippen LogP) is 1.53. The fourth-order valence-corrected chi connectivity index (χ4v) is 4.06. The predicted molar refractivity (Wildman–Crippen MR) is 94.2 cm³/mol. The fourth-order valence-electron chi connectivity index (χ4n) is 3.18. The molecule has 1 fully saturated rings. The highest BCUT2D eigenvalue weighted by Gasteiger charge is 2.23. The Morgan fingerprint density at radius 1 is 1.08 bits per heavy atom. The van der Waals surface area contributed by atoms with Gasteiger partial charge in [0.15, 0.2) is 0 Å². The summed E-state index contributed by atoms with van der Waals surface area (Å²) >= 11 is 0. The second kappa shape index (κ2) is 6.94. The topological polar surface area (TPSA) is 62.6 Å². The van der Waals surface area contributed by atoms with Crippen molar-refractivity contribution in [2.75, 3.05) is 32.4 Å². The highest BCUT2D eigenvalue weighted by Crippen LogP contribution is 2.16. The Labute approximate surface area is 142 Å². The maximum atomic E-state index is 12.5. The SMILES string of the molecule is CS(=O)(=O)N1CCCN(C(=O)CCn2ccc3ccccc32)CC1. The number of fused-ring (bicyclic) bond motifs is 1. The Balaban J connectivity index is 1.59. The van der Waals surface area contributed by atoms with Crippen molar-refractivity contribution in [1.82, 2.24) is 13.8 Å². The lowest BCUT2D eigenvalue weighted by Gasteiger charge is -2.21. The number of carbonyl (C=O) groups is 1. The maximum Gasteiger partial charge on any atom is 0.224 e. The minimum Gasteiger partial charge on any atom is -0.347 e. The number of rotatable bonds is 4. The number of aryl methyl sites for hydroxylation is 1. The molecule has 6 nitrogen and oxygen atoms in total. The van der Waals surface area contributed by atoms with Gasteiger partial charge in [-0.2, -0.15) is 0 Å². The molecule has 0 N–H and O–H groups in total. The largest absolute Gasteiger partial charge is 0.347 e. The van der Waals surface area contributed by atoms with Gasteiger partial charge >= 0.3 is 0 Å². The molecule has 0 spiro atoms. The second-order valence-electron chi connectivity index (χ2n) is 6.21. The third-order valence-corrected chi connectivity index (χ3v) is 5.83. The monoisotopic (exact) mass is 349 g/mol. The van der Waals surface area contributed by atoms with Gasteiger partial charge in [-0.3, -0.25) is 4.79 Å². The van der Waals surface area contributed by atoms with Crippen LogP contribution in [0.15, 0.2) is 36.5 Å². The van der Waals surface area contributed by atoms with Crippen molar-refractivity contribution in [1.29, 1.82) is 0 Å². The van der Waals surface area contributed by atoms with E-state index in [4.69, 9.17) is 0 Å². The lowest BCUT2D eigenvalue weighted by atomic mass is 10.2. The van der Waals surface area contributed by atoms with Gasteiger partial charge in [-0.25, -0.2) is 12.7 Å². The quantitative estimate of drug-likeness (QED) is 0.841. The molecule has 0 saturated carbocycles. The van der Waals surface area contributed by atoms with E-state index in [0.717, 1.165) is 5.52 Å². The first-order valence-electron chi connectivity index (χ1n) is 8.22. The molecule has 1 aromatic heterocycles. The van der Waals surface area contributed by atoms with Crippen molar-refractivity contribution < 1.29 is 13.2 Å². The number of hydrogen-bond donors (Lipinski definition) is 0. The van der Waals surface area contributed by atoms with Crippen LogP contribution in [0.5, 0.6) is 0 Å². The van der Waals surface area contributed by atoms with Crippen LogP contribution in [0.25, 0.3) is 10.9 Å². The zero-order chi connectivity index (χ0) is 17.2. The first-order valence-corrected chi connectivity index (χ1v) is 10.1. The number of amides is 1. The molecule has 3 rings (SSSR count). The van der Waals surface area contributed by atoms with Gasteiger partial charge < -0.3 is 9.47 Å². The Morgan fingerprint density at radius 2 is 1.88 bits per heavy atom. The van der Waals surface area contributed by atoms with E-state index in [2.05, 4.69) is 22.8 Å². The normalized spacial score (nSPS) is 17.1. The molecular formula is C17H23N3O3S. The van der Waals surface area contributed by atoms with E-state index in [1.54, 1.807) is 4.90 Å². The van der Waals surface area contributed by atoms with Gasteiger partial charge in [0.2, 0.25) is 15.9 Å². The Bertz CT molecular complexity index is 828. The number of nitrogens with zero attached hydrogens (tertiary/aromatic N) is 3. The third-order valence-electron chi connectivity index (χ3n) is 4.52. The molecule has 0 atom stereocenters. The van der Waals surface area contributed by atoms with E-state index >= 15 is 0 Å². The molecule has 1 aromatic carbocycles. The van der Waals surface area contributed by atoms with Crippen molar-refractivity contribution in [2.24, 2.45) is 0 Å². The van der Waals surface area contributed by atoms with Gasteiger partial charge in [0.25, 0.3) is 0 Å². The molecule has 7 heteroatoms. The molecule has 2 heterocycles. The molecule has 0 radical (unpaired) electrons. The summed E-state index contributed by atoms with van der Waals surface area (Å²) in [7, 11) is -3.18. The number of benzene rings is 1. The third kappa shape index (κ3) is 3.79. The number of para-hydroxylation sites is 1. The van der Waals surface area contributed by atoms with Crippen LogP contribution in [0, 0.1) is 0 Å². The smallest absolute Gasteiger partial charge is 0.224 e. The van der Waals surface area contributed by atoms with Crippen LogP contribution in [-0.2, 0) is 21.4 Å². The lowest BCUT2D eigenvalue weighted by molar-refractivity contribution is -0.131. The summed E-state index contributed by atoms with van der Waals surface area (Å²) in [5.74, 6) is 0.0862. The summed E-state index contributed by atoms with van der Waals surface area (Å²) < 4.78 is 26.8. The summed E-state index contributed by atoms with van der Waals surface area (Å²) in [6.07, 6.45) is 4.34. The average Bonchev–Trinajstić information content (AvgIpc) is 2.78. The van der Waals surface area contributed by atoms with E-state index in [-0.39, 0.29) is 5.91 Å². The molecule has 0 bridgehead atoms. The molecule has 1 amide bonds. The second-order valence-corrected chi connectivity index (χ2v) is 8.20. The summed E-state index contributed by atoms with van der Waals surface area (Å²) in [5, 5.41) is 1.17. The summed E-state index contributed by atoms with van der Waals surface area (Å²) in [6.45, 7) is 2.61. The molecule has 130 valence electrons.